The van der Waals surface area contributed by atoms with Crippen molar-refractivity contribution in [1.82, 2.24) is 0 Å². The topological polar surface area (TPSA) is 112 Å². The van der Waals surface area contributed by atoms with Crippen LogP contribution in [0, 0.1) is 11.8 Å². The monoisotopic (exact) mass is 522 g/mol. The van der Waals surface area contributed by atoms with Gasteiger partial charge in [0.2, 0.25) is 0 Å². The second kappa shape index (κ2) is 13.4. The molecule has 0 aliphatic heterocycles. The number of aromatic hydroxyl groups is 2. The number of phenolic OH excluding ortho intramolecular Hbond substituents is 2. The van der Waals surface area contributed by atoms with Crippen LogP contribution in [0.25, 0.3) is 0 Å². The Balaban J connectivity index is 1.59. The van der Waals surface area contributed by atoms with Gasteiger partial charge in [-0.15, -0.1) is 0 Å². The lowest BCUT2D eigenvalue weighted by Gasteiger charge is -2.12. The summed E-state index contributed by atoms with van der Waals surface area (Å²) in [6.45, 7) is 9.57. The summed E-state index contributed by atoms with van der Waals surface area (Å²) in [6, 6.07) is 14.8. The van der Waals surface area contributed by atoms with E-state index in [-0.39, 0.29) is 22.6 Å². The van der Waals surface area contributed by atoms with E-state index < -0.39 is 23.4 Å². The van der Waals surface area contributed by atoms with Gasteiger partial charge in [-0.05, 0) is 73.2 Å². The first kappa shape index (κ1) is 28.4. The van der Waals surface area contributed by atoms with E-state index in [0.29, 0.717) is 36.5 Å². The van der Waals surface area contributed by atoms with Gasteiger partial charge in [0, 0.05) is 12.1 Å². The molecule has 3 aromatic carbocycles. The highest BCUT2D eigenvalue weighted by Gasteiger charge is 2.18. The average Bonchev–Trinajstić information content (AvgIpc) is 2.87. The summed E-state index contributed by atoms with van der Waals surface area (Å²) in [6.07, 6.45) is 1.83. The van der Waals surface area contributed by atoms with E-state index in [9.17, 15) is 19.8 Å². The first-order valence-electron chi connectivity index (χ1n) is 12.6. The van der Waals surface area contributed by atoms with E-state index >= 15 is 0 Å². The van der Waals surface area contributed by atoms with E-state index in [4.69, 9.17) is 18.9 Å². The highest BCUT2D eigenvalue weighted by Crippen LogP contribution is 2.39. The molecule has 0 amide bonds. The van der Waals surface area contributed by atoms with Crippen LogP contribution in [0.1, 0.15) is 61.3 Å². The number of benzene rings is 3. The number of phenols is 2. The molecule has 0 unspecified atom stereocenters. The number of esters is 2. The van der Waals surface area contributed by atoms with Gasteiger partial charge in [-0.1, -0.05) is 27.7 Å². The van der Waals surface area contributed by atoms with Crippen molar-refractivity contribution < 1.29 is 38.7 Å². The van der Waals surface area contributed by atoms with Crippen LogP contribution < -0.4 is 18.9 Å². The minimum atomic E-state index is -0.742. The molecule has 0 heterocycles. The Morgan fingerprint density at radius 2 is 0.974 bits per heavy atom. The lowest BCUT2D eigenvalue weighted by Crippen LogP contribution is -2.10. The van der Waals surface area contributed by atoms with Crippen LogP contribution in [0.2, 0.25) is 0 Å². The van der Waals surface area contributed by atoms with Gasteiger partial charge in [0.1, 0.15) is 11.5 Å². The van der Waals surface area contributed by atoms with Crippen LogP contribution in [0.5, 0.6) is 34.5 Å². The maximum absolute atomic E-state index is 12.5. The Morgan fingerprint density at radius 1 is 0.632 bits per heavy atom. The number of carbonyl (C=O) groups excluding carboxylic acids is 2. The van der Waals surface area contributed by atoms with Crippen molar-refractivity contribution in [3.8, 4) is 34.5 Å². The molecule has 0 radical (unpaired) electrons. The van der Waals surface area contributed by atoms with Crippen molar-refractivity contribution in [2.75, 3.05) is 13.2 Å². The number of rotatable bonds is 12. The molecule has 3 aromatic rings. The third-order valence-electron chi connectivity index (χ3n) is 5.55. The fraction of sp³-hybridized carbons (Fsp3) is 0.333. The van der Waals surface area contributed by atoms with Crippen molar-refractivity contribution in [3.63, 3.8) is 0 Å². The summed E-state index contributed by atoms with van der Waals surface area (Å²) in [5, 5.41) is 20.6. The number of hydrogen-bond donors (Lipinski definition) is 2. The van der Waals surface area contributed by atoms with Crippen LogP contribution in [-0.2, 0) is 0 Å². The number of ether oxygens (including phenoxy) is 4. The van der Waals surface area contributed by atoms with Crippen LogP contribution >= 0.6 is 0 Å². The van der Waals surface area contributed by atoms with Gasteiger partial charge in [0.25, 0.3) is 0 Å². The molecule has 0 aromatic heterocycles. The van der Waals surface area contributed by atoms with Crippen LogP contribution in [0.4, 0.5) is 0 Å². The van der Waals surface area contributed by atoms with Gasteiger partial charge in [0.15, 0.2) is 23.0 Å². The average molecular weight is 523 g/mol. The van der Waals surface area contributed by atoms with Crippen molar-refractivity contribution in [3.05, 3.63) is 71.8 Å². The molecule has 0 aliphatic rings. The van der Waals surface area contributed by atoms with Crippen LogP contribution in [0.15, 0.2) is 60.7 Å². The predicted molar refractivity (Wildman–Crippen MR) is 142 cm³/mol. The van der Waals surface area contributed by atoms with Gasteiger partial charge >= 0.3 is 11.9 Å². The van der Waals surface area contributed by atoms with Crippen molar-refractivity contribution in [2.45, 2.75) is 40.5 Å². The molecule has 3 rings (SSSR count). The van der Waals surface area contributed by atoms with Gasteiger partial charge in [0.05, 0.1) is 24.3 Å². The number of hydrogen-bond acceptors (Lipinski definition) is 8. The maximum Gasteiger partial charge on any atom is 0.343 e. The number of carbonyl (C=O) groups is 2. The van der Waals surface area contributed by atoms with Crippen molar-refractivity contribution in [1.29, 1.82) is 0 Å². The Hall–Kier alpha value is -4.20. The van der Waals surface area contributed by atoms with Gasteiger partial charge < -0.3 is 29.2 Å². The first-order valence-corrected chi connectivity index (χ1v) is 12.6. The van der Waals surface area contributed by atoms with Gasteiger partial charge in [-0.25, -0.2) is 9.59 Å². The first-order chi connectivity index (χ1) is 18.1. The molecule has 0 bridgehead atoms. The van der Waals surface area contributed by atoms with E-state index in [0.717, 1.165) is 25.0 Å². The third-order valence-corrected chi connectivity index (χ3v) is 5.55. The van der Waals surface area contributed by atoms with E-state index in [1.165, 1.54) is 0 Å². The standard InChI is InChI=1S/C30H34O8/c1-19(2)13-15-35-23-9-5-21(6-10-23)29(33)37-27-17-26(32)28(18-25(27)31)38-30(34)22-7-11-24(12-8-22)36-16-14-20(3)4/h5-12,17-20,31-32H,13-16H2,1-4H3. The predicted octanol–water partition coefficient (Wildman–Crippen LogP) is 6.39. The van der Waals surface area contributed by atoms with Crippen molar-refractivity contribution >= 4 is 11.9 Å². The second-order valence-corrected chi connectivity index (χ2v) is 9.68. The molecule has 0 saturated heterocycles. The molecular formula is C30H34O8. The fourth-order valence-corrected chi connectivity index (χ4v) is 3.22. The molecule has 8 heteroatoms. The molecule has 202 valence electrons. The van der Waals surface area contributed by atoms with Crippen LogP contribution in [0.3, 0.4) is 0 Å². The summed E-state index contributed by atoms with van der Waals surface area (Å²) in [4.78, 5) is 25.0. The highest BCUT2D eigenvalue weighted by molar-refractivity contribution is 5.92. The molecule has 0 saturated carbocycles. The lowest BCUT2D eigenvalue weighted by molar-refractivity contribution is 0.0711. The zero-order valence-corrected chi connectivity index (χ0v) is 22.1. The largest absolute Gasteiger partial charge is 0.504 e. The Kier molecular flexibility index (Phi) is 9.99. The third kappa shape index (κ3) is 8.44. The molecule has 2 N–H and O–H groups in total. The van der Waals surface area contributed by atoms with Gasteiger partial charge in [-0.2, -0.15) is 0 Å². The smallest absolute Gasteiger partial charge is 0.343 e. The summed E-state index contributed by atoms with van der Waals surface area (Å²) in [7, 11) is 0. The molecule has 8 nitrogen and oxygen atoms in total. The molecule has 0 aliphatic carbocycles. The van der Waals surface area contributed by atoms with E-state index in [2.05, 4.69) is 27.7 Å². The maximum atomic E-state index is 12.5. The fourth-order valence-electron chi connectivity index (χ4n) is 3.22. The highest BCUT2D eigenvalue weighted by atomic mass is 16.6. The molecular weight excluding hydrogens is 488 g/mol. The zero-order chi connectivity index (χ0) is 27.7. The Labute approximate surface area is 222 Å². The normalized spacial score (nSPS) is 10.9. The quantitative estimate of drug-likeness (QED) is 0.160. The molecule has 0 fully saturated rings. The summed E-state index contributed by atoms with van der Waals surface area (Å²) < 4.78 is 21.7. The van der Waals surface area contributed by atoms with E-state index in [1.54, 1.807) is 48.5 Å². The van der Waals surface area contributed by atoms with Crippen LogP contribution in [-0.4, -0.2) is 35.4 Å². The zero-order valence-electron chi connectivity index (χ0n) is 22.1. The summed E-state index contributed by atoms with van der Waals surface area (Å²) >= 11 is 0. The lowest BCUT2D eigenvalue weighted by atomic mass is 10.1. The summed E-state index contributed by atoms with van der Waals surface area (Å²) in [5.74, 6) is -0.724. The SMILES string of the molecule is CC(C)CCOc1ccc(C(=O)Oc2cc(O)c(OC(=O)c3ccc(OCCC(C)C)cc3)cc2O)cc1. The second-order valence-electron chi connectivity index (χ2n) is 9.68. The minimum absolute atomic E-state index is 0.229. The summed E-state index contributed by atoms with van der Waals surface area (Å²) in [5.41, 5.74) is 0.458. The Morgan fingerprint density at radius 3 is 1.29 bits per heavy atom. The van der Waals surface area contributed by atoms with Gasteiger partial charge in [-0.3, -0.25) is 0 Å². The molecule has 0 atom stereocenters. The Bertz CT molecular complexity index is 1120. The molecule has 38 heavy (non-hydrogen) atoms. The minimum Gasteiger partial charge on any atom is -0.504 e. The van der Waals surface area contributed by atoms with E-state index in [1.807, 2.05) is 0 Å². The molecule has 0 spiro atoms. The van der Waals surface area contributed by atoms with Crippen molar-refractivity contribution in [2.24, 2.45) is 11.8 Å².